The number of ether oxygens (including phenoxy) is 1. The van der Waals surface area contributed by atoms with Crippen molar-refractivity contribution in [3.63, 3.8) is 0 Å². The highest BCUT2D eigenvalue weighted by Gasteiger charge is 2.09. The molecule has 2 aromatic carbocycles. The first kappa shape index (κ1) is 17.9. The van der Waals surface area contributed by atoms with Gasteiger partial charge in [-0.1, -0.05) is 12.1 Å². The van der Waals surface area contributed by atoms with Gasteiger partial charge in [-0.25, -0.2) is 10.4 Å². The van der Waals surface area contributed by atoms with Gasteiger partial charge < -0.3 is 14.3 Å². The fraction of sp³-hybridized carbons (Fsp3) is 0.182. The van der Waals surface area contributed by atoms with Crippen LogP contribution in [0.15, 0.2) is 59.7 Å². The molecule has 0 spiro atoms. The van der Waals surface area contributed by atoms with E-state index in [9.17, 15) is 0 Å². The van der Waals surface area contributed by atoms with Crippen LogP contribution in [0.5, 0.6) is 5.75 Å². The Morgan fingerprint density at radius 3 is 2.68 bits per heavy atom. The highest BCUT2D eigenvalue weighted by molar-refractivity contribution is 5.83. The lowest BCUT2D eigenvalue weighted by atomic mass is 10.2. The normalized spacial score (nSPS) is 11.4. The number of fused-ring (bicyclic) bond motifs is 1. The molecule has 0 aliphatic carbocycles. The van der Waals surface area contributed by atoms with Crippen LogP contribution >= 0.6 is 0 Å². The molecule has 28 heavy (non-hydrogen) atoms. The van der Waals surface area contributed by atoms with E-state index >= 15 is 0 Å². The maximum absolute atomic E-state index is 5.53. The number of nitrogens with zero attached hydrogens (tertiary/aromatic N) is 3. The Kier molecular flexibility index (Phi) is 4.85. The molecular weight excluding hydrogens is 350 g/mol. The van der Waals surface area contributed by atoms with Crippen molar-refractivity contribution in [1.82, 2.24) is 14.5 Å². The maximum atomic E-state index is 5.53. The number of imidazole rings is 1. The van der Waals surface area contributed by atoms with Crippen LogP contribution < -0.4 is 10.2 Å². The molecule has 0 amide bonds. The largest absolute Gasteiger partial charge is 0.494 e. The molecule has 6 heteroatoms. The molecular formula is C22H23N5O. The molecule has 2 heterocycles. The first-order valence-corrected chi connectivity index (χ1v) is 9.31. The lowest BCUT2D eigenvalue weighted by molar-refractivity contribution is 0.340. The summed E-state index contributed by atoms with van der Waals surface area (Å²) < 4.78 is 7.74. The number of H-pyrrole nitrogens is 1. The third-order valence-electron chi connectivity index (χ3n) is 4.64. The zero-order chi connectivity index (χ0) is 19.5. The molecule has 0 saturated carbocycles. The minimum atomic E-state index is 0.623. The standard InChI is InChI=1S/C22H23N5O/c1-4-28-19-11-9-18(10-12-19)27-15(2)13-17(16(27)3)14-23-26-22-24-20-7-5-6-8-21(20)25-22/h5-14H,4H2,1-3H3,(H2,24,25,26)/b23-14-. The summed E-state index contributed by atoms with van der Waals surface area (Å²) in [6.07, 6.45) is 1.82. The molecule has 0 unspecified atom stereocenters. The highest BCUT2D eigenvalue weighted by Crippen LogP contribution is 2.22. The van der Waals surface area contributed by atoms with Gasteiger partial charge in [-0.05, 0) is 63.2 Å². The monoisotopic (exact) mass is 373 g/mol. The Hall–Kier alpha value is -3.54. The smallest absolute Gasteiger partial charge is 0.222 e. The molecule has 0 radical (unpaired) electrons. The average Bonchev–Trinajstić information content (AvgIpc) is 3.23. The predicted octanol–water partition coefficient (Wildman–Crippen LogP) is 4.82. The molecule has 142 valence electrons. The Morgan fingerprint density at radius 1 is 1.14 bits per heavy atom. The van der Waals surface area contributed by atoms with Crippen LogP contribution in [0.3, 0.4) is 0 Å². The van der Waals surface area contributed by atoms with Crippen LogP contribution in [0, 0.1) is 13.8 Å². The van der Waals surface area contributed by atoms with Crippen LogP contribution in [0.2, 0.25) is 0 Å². The summed E-state index contributed by atoms with van der Waals surface area (Å²) in [7, 11) is 0. The van der Waals surface area contributed by atoms with Gasteiger partial charge in [0.25, 0.3) is 0 Å². The number of aromatic nitrogens is 3. The van der Waals surface area contributed by atoms with E-state index in [0.29, 0.717) is 12.6 Å². The zero-order valence-electron chi connectivity index (χ0n) is 16.2. The minimum absolute atomic E-state index is 0.623. The number of nitrogens with one attached hydrogen (secondary N) is 2. The first-order chi connectivity index (χ1) is 13.7. The second-order valence-corrected chi connectivity index (χ2v) is 6.56. The molecule has 0 aliphatic rings. The van der Waals surface area contributed by atoms with Crippen molar-refractivity contribution in [3.8, 4) is 11.4 Å². The van der Waals surface area contributed by atoms with Crippen LogP contribution in [0.4, 0.5) is 5.95 Å². The van der Waals surface area contributed by atoms with Crippen molar-refractivity contribution in [2.45, 2.75) is 20.8 Å². The van der Waals surface area contributed by atoms with Gasteiger partial charge in [-0.15, -0.1) is 0 Å². The van der Waals surface area contributed by atoms with E-state index in [1.807, 2.05) is 49.5 Å². The quantitative estimate of drug-likeness (QED) is 0.376. The van der Waals surface area contributed by atoms with Crippen LogP contribution in [0.25, 0.3) is 16.7 Å². The lowest BCUT2D eigenvalue weighted by Gasteiger charge is -2.10. The van der Waals surface area contributed by atoms with Gasteiger partial charge in [0.1, 0.15) is 5.75 Å². The molecule has 2 aromatic heterocycles. The molecule has 6 nitrogen and oxygen atoms in total. The van der Waals surface area contributed by atoms with Gasteiger partial charge in [0.05, 0.1) is 23.9 Å². The third kappa shape index (κ3) is 3.49. The molecule has 0 fully saturated rings. The van der Waals surface area contributed by atoms with Gasteiger partial charge >= 0.3 is 0 Å². The van der Waals surface area contributed by atoms with Gasteiger partial charge in [0.2, 0.25) is 5.95 Å². The summed E-state index contributed by atoms with van der Waals surface area (Å²) in [4.78, 5) is 7.66. The van der Waals surface area contributed by atoms with E-state index in [4.69, 9.17) is 4.74 Å². The van der Waals surface area contributed by atoms with E-state index in [1.165, 1.54) is 0 Å². The van der Waals surface area contributed by atoms with E-state index < -0.39 is 0 Å². The van der Waals surface area contributed by atoms with Crippen molar-refractivity contribution < 1.29 is 4.74 Å². The Morgan fingerprint density at radius 2 is 1.93 bits per heavy atom. The van der Waals surface area contributed by atoms with Crippen molar-refractivity contribution in [3.05, 3.63) is 71.5 Å². The van der Waals surface area contributed by atoms with E-state index in [0.717, 1.165) is 39.4 Å². The van der Waals surface area contributed by atoms with Gasteiger partial charge in [0, 0.05) is 22.6 Å². The molecule has 0 atom stereocenters. The van der Waals surface area contributed by atoms with Crippen molar-refractivity contribution in [1.29, 1.82) is 0 Å². The molecule has 4 aromatic rings. The number of rotatable bonds is 6. The number of anilines is 1. The Bertz CT molecular complexity index is 1090. The molecule has 4 rings (SSSR count). The topological polar surface area (TPSA) is 67.2 Å². The number of para-hydroxylation sites is 2. The summed E-state index contributed by atoms with van der Waals surface area (Å²) in [6, 6.07) is 18.1. The van der Waals surface area contributed by atoms with E-state index in [-0.39, 0.29) is 0 Å². The van der Waals surface area contributed by atoms with Crippen LogP contribution in [-0.2, 0) is 0 Å². The summed E-state index contributed by atoms with van der Waals surface area (Å²) in [5.41, 5.74) is 9.29. The summed E-state index contributed by atoms with van der Waals surface area (Å²) in [5.74, 6) is 1.50. The van der Waals surface area contributed by atoms with Gasteiger partial charge in [-0.2, -0.15) is 5.10 Å². The van der Waals surface area contributed by atoms with E-state index in [1.54, 1.807) is 0 Å². The summed E-state index contributed by atoms with van der Waals surface area (Å²) in [5, 5.41) is 4.35. The Labute approximate surface area is 163 Å². The number of benzene rings is 2. The summed E-state index contributed by atoms with van der Waals surface area (Å²) >= 11 is 0. The molecule has 0 saturated heterocycles. The molecule has 2 N–H and O–H groups in total. The van der Waals surface area contributed by atoms with Gasteiger partial charge in [0.15, 0.2) is 0 Å². The average molecular weight is 373 g/mol. The van der Waals surface area contributed by atoms with Crippen LogP contribution in [-0.4, -0.2) is 27.4 Å². The molecule has 0 aliphatic heterocycles. The SMILES string of the molecule is CCOc1ccc(-n2c(C)cc(/C=N\Nc3nc4ccccc4[nH]3)c2C)cc1. The van der Waals surface area contributed by atoms with Crippen molar-refractivity contribution in [2.24, 2.45) is 5.10 Å². The van der Waals surface area contributed by atoms with Crippen molar-refractivity contribution in [2.75, 3.05) is 12.0 Å². The number of aryl methyl sites for hydroxylation is 1. The Balaban J connectivity index is 1.54. The lowest BCUT2D eigenvalue weighted by Crippen LogP contribution is -2.00. The minimum Gasteiger partial charge on any atom is -0.494 e. The van der Waals surface area contributed by atoms with Gasteiger partial charge in [-0.3, -0.25) is 0 Å². The summed E-state index contributed by atoms with van der Waals surface area (Å²) in [6.45, 7) is 6.83. The third-order valence-corrected chi connectivity index (χ3v) is 4.64. The molecule has 0 bridgehead atoms. The number of hydrazone groups is 1. The van der Waals surface area contributed by atoms with E-state index in [2.05, 4.69) is 57.1 Å². The maximum Gasteiger partial charge on any atom is 0.222 e. The number of aromatic amines is 1. The van der Waals surface area contributed by atoms with Crippen LogP contribution in [0.1, 0.15) is 23.9 Å². The highest BCUT2D eigenvalue weighted by atomic mass is 16.5. The fourth-order valence-corrected chi connectivity index (χ4v) is 3.34. The first-order valence-electron chi connectivity index (χ1n) is 9.31. The fourth-order valence-electron chi connectivity index (χ4n) is 3.34. The second-order valence-electron chi connectivity index (χ2n) is 6.56. The van der Waals surface area contributed by atoms with Crippen molar-refractivity contribution >= 4 is 23.2 Å². The second kappa shape index (κ2) is 7.60. The number of hydrogen-bond acceptors (Lipinski definition) is 4. The number of hydrogen-bond donors (Lipinski definition) is 2. The predicted molar refractivity (Wildman–Crippen MR) is 114 cm³/mol. The zero-order valence-corrected chi connectivity index (χ0v) is 16.2.